The number of carbonyl (C=O) groups is 3. The number of esters is 1. The molecule has 8 nitrogen and oxygen atoms in total. The van der Waals surface area contributed by atoms with E-state index in [-0.39, 0.29) is 42.3 Å². The predicted octanol–water partition coefficient (Wildman–Crippen LogP) is 4.93. The van der Waals surface area contributed by atoms with Crippen molar-refractivity contribution in [2.75, 3.05) is 23.4 Å². The van der Waals surface area contributed by atoms with Crippen LogP contribution in [0.5, 0.6) is 5.75 Å². The number of nitrogens with one attached hydrogen (secondary N) is 1. The summed E-state index contributed by atoms with van der Waals surface area (Å²) in [6.45, 7) is 4.57. The summed E-state index contributed by atoms with van der Waals surface area (Å²) in [6, 6.07) is 18.2. The third-order valence-electron chi connectivity index (χ3n) is 6.05. The van der Waals surface area contributed by atoms with E-state index in [0.29, 0.717) is 29.3 Å². The fourth-order valence-corrected chi connectivity index (χ4v) is 4.57. The molecular weight excluding hydrogens is 521 g/mol. The molecular formula is C29H28FN3O5S. The number of hydrogen-bond donors (Lipinski definition) is 1. The zero-order valence-corrected chi connectivity index (χ0v) is 22.4. The van der Waals surface area contributed by atoms with Crippen LogP contribution in [0.15, 0.2) is 72.8 Å². The quantitative estimate of drug-likeness (QED) is 0.283. The fourth-order valence-electron chi connectivity index (χ4n) is 4.19. The van der Waals surface area contributed by atoms with Crippen LogP contribution in [0.3, 0.4) is 0 Å². The lowest BCUT2D eigenvalue weighted by molar-refractivity contribution is -0.124. The fraction of sp³-hybridized carbons (Fsp3) is 0.241. The predicted molar refractivity (Wildman–Crippen MR) is 149 cm³/mol. The zero-order chi connectivity index (χ0) is 27.9. The van der Waals surface area contributed by atoms with E-state index in [0.717, 1.165) is 5.56 Å². The van der Waals surface area contributed by atoms with Gasteiger partial charge in [-0.15, -0.1) is 0 Å². The van der Waals surface area contributed by atoms with Gasteiger partial charge in [-0.1, -0.05) is 12.1 Å². The maximum atomic E-state index is 13.6. The Morgan fingerprint density at radius 2 is 1.62 bits per heavy atom. The summed E-state index contributed by atoms with van der Waals surface area (Å²) in [5, 5.41) is 3.02. The summed E-state index contributed by atoms with van der Waals surface area (Å²) in [4.78, 5) is 41.7. The molecule has 0 unspecified atom stereocenters. The van der Waals surface area contributed by atoms with Gasteiger partial charge in [-0.2, -0.15) is 0 Å². The second kappa shape index (κ2) is 12.5. The van der Waals surface area contributed by atoms with E-state index in [1.807, 2.05) is 6.92 Å². The number of hydrogen-bond acceptors (Lipinski definition) is 6. The smallest absolute Gasteiger partial charge is 0.338 e. The van der Waals surface area contributed by atoms with Gasteiger partial charge < -0.3 is 19.7 Å². The van der Waals surface area contributed by atoms with Gasteiger partial charge >= 0.3 is 5.97 Å². The van der Waals surface area contributed by atoms with Crippen LogP contribution in [0.2, 0.25) is 0 Å². The van der Waals surface area contributed by atoms with Crippen molar-refractivity contribution in [2.45, 2.75) is 32.9 Å². The topological polar surface area (TPSA) is 88.2 Å². The third kappa shape index (κ3) is 6.58. The number of halogens is 1. The second-order valence-electron chi connectivity index (χ2n) is 8.70. The second-order valence-corrected chi connectivity index (χ2v) is 9.07. The van der Waals surface area contributed by atoms with Crippen LogP contribution in [-0.2, 0) is 20.9 Å². The van der Waals surface area contributed by atoms with Crippen molar-refractivity contribution in [3.8, 4) is 5.75 Å². The first kappa shape index (κ1) is 27.7. The highest BCUT2D eigenvalue weighted by atomic mass is 32.1. The molecule has 1 aliphatic heterocycles. The Bertz CT molecular complexity index is 1350. The molecule has 3 aromatic carbocycles. The Kier molecular flexibility index (Phi) is 8.88. The highest BCUT2D eigenvalue weighted by Gasteiger charge is 2.44. The van der Waals surface area contributed by atoms with E-state index in [4.69, 9.17) is 21.7 Å². The number of carbonyl (C=O) groups excluding carboxylic acids is 3. The molecule has 39 heavy (non-hydrogen) atoms. The number of anilines is 2. The molecule has 1 fully saturated rings. The van der Waals surface area contributed by atoms with Gasteiger partial charge in [-0.25, -0.2) is 9.18 Å². The van der Waals surface area contributed by atoms with Crippen LogP contribution in [0.4, 0.5) is 15.8 Å². The first-order chi connectivity index (χ1) is 18.8. The Morgan fingerprint density at radius 3 is 2.23 bits per heavy atom. The Hall–Kier alpha value is -4.31. The van der Waals surface area contributed by atoms with Crippen molar-refractivity contribution in [3.05, 3.63) is 89.7 Å². The van der Waals surface area contributed by atoms with Crippen molar-refractivity contribution in [2.24, 2.45) is 0 Å². The standard InChI is InChI=1S/C29H28FN3O5S/c1-3-37-24-15-11-22(12-16-24)31-26(34)17-25-27(35)33(23-13-7-20(8-14-23)28(36)38-4-2)29(39)32(25)18-19-5-9-21(30)10-6-19/h5-16,25H,3-4,17-18H2,1-2H3,(H,31,34)/t25-/m1/s1. The number of amides is 2. The SMILES string of the molecule is CCOC(=O)c1ccc(N2C(=O)[C@@H](CC(=O)Nc3ccc(OCC)cc3)N(Cc3ccc(F)cc3)C2=S)cc1. The van der Waals surface area contributed by atoms with Crippen LogP contribution in [0.25, 0.3) is 0 Å². The van der Waals surface area contributed by atoms with Crippen LogP contribution in [0.1, 0.15) is 36.2 Å². The molecule has 10 heteroatoms. The van der Waals surface area contributed by atoms with Crippen LogP contribution in [0, 0.1) is 5.82 Å². The molecule has 0 aliphatic carbocycles. The molecule has 0 aromatic heterocycles. The molecule has 3 aromatic rings. The minimum atomic E-state index is -0.894. The number of benzene rings is 3. The van der Waals surface area contributed by atoms with Crippen LogP contribution >= 0.6 is 12.2 Å². The highest BCUT2D eigenvalue weighted by Crippen LogP contribution is 2.29. The van der Waals surface area contributed by atoms with Gasteiger partial charge in [0.25, 0.3) is 5.91 Å². The van der Waals surface area contributed by atoms with Gasteiger partial charge in [-0.3, -0.25) is 14.5 Å². The molecule has 1 atom stereocenters. The summed E-state index contributed by atoms with van der Waals surface area (Å²) in [6.07, 6.45) is -0.162. The first-order valence-electron chi connectivity index (χ1n) is 12.5. The number of ether oxygens (including phenoxy) is 2. The van der Waals surface area contributed by atoms with Gasteiger partial charge in [0.15, 0.2) is 5.11 Å². The summed E-state index contributed by atoms with van der Waals surface area (Å²) in [5.74, 6) is -0.923. The Labute approximate surface area is 231 Å². The van der Waals surface area contributed by atoms with Gasteiger partial charge in [0.2, 0.25) is 5.91 Å². The normalized spacial score (nSPS) is 14.9. The average molecular weight is 550 g/mol. The first-order valence-corrected chi connectivity index (χ1v) is 12.9. The molecule has 0 radical (unpaired) electrons. The monoisotopic (exact) mass is 549 g/mol. The molecule has 4 rings (SSSR count). The molecule has 2 amide bonds. The molecule has 1 saturated heterocycles. The lowest BCUT2D eigenvalue weighted by Crippen LogP contribution is -2.37. The van der Waals surface area contributed by atoms with Crippen molar-refractivity contribution < 1.29 is 28.2 Å². The lowest BCUT2D eigenvalue weighted by atomic mass is 10.1. The Morgan fingerprint density at radius 1 is 0.949 bits per heavy atom. The van der Waals surface area contributed by atoms with E-state index >= 15 is 0 Å². The summed E-state index contributed by atoms with van der Waals surface area (Å²) >= 11 is 5.69. The molecule has 202 valence electrons. The summed E-state index contributed by atoms with van der Waals surface area (Å²) < 4.78 is 23.9. The van der Waals surface area contributed by atoms with Crippen molar-refractivity contribution in [1.29, 1.82) is 0 Å². The number of nitrogens with zero attached hydrogens (tertiary/aromatic N) is 2. The number of rotatable bonds is 10. The van der Waals surface area contributed by atoms with E-state index in [2.05, 4.69) is 5.32 Å². The zero-order valence-electron chi connectivity index (χ0n) is 21.6. The maximum absolute atomic E-state index is 13.6. The molecule has 0 bridgehead atoms. The minimum absolute atomic E-state index is 0.162. The van der Waals surface area contributed by atoms with E-state index < -0.39 is 12.0 Å². The van der Waals surface area contributed by atoms with Gasteiger partial charge in [0, 0.05) is 12.2 Å². The summed E-state index contributed by atoms with van der Waals surface area (Å²) in [5.41, 5.74) is 2.08. The number of thiocarbonyl (C=S) groups is 1. The molecule has 0 saturated carbocycles. The molecule has 1 aliphatic rings. The van der Waals surface area contributed by atoms with E-state index in [1.54, 1.807) is 72.5 Å². The largest absolute Gasteiger partial charge is 0.494 e. The lowest BCUT2D eigenvalue weighted by Gasteiger charge is -2.24. The molecule has 0 spiro atoms. The van der Waals surface area contributed by atoms with Crippen molar-refractivity contribution >= 4 is 46.5 Å². The maximum Gasteiger partial charge on any atom is 0.338 e. The van der Waals surface area contributed by atoms with E-state index in [9.17, 15) is 18.8 Å². The van der Waals surface area contributed by atoms with Crippen molar-refractivity contribution in [3.63, 3.8) is 0 Å². The van der Waals surface area contributed by atoms with Crippen LogP contribution < -0.4 is 15.0 Å². The summed E-state index contributed by atoms with van der Waals surface area (Å²) in [7, 11) is 0. The van der Waals surface area contributed by atoms with Gasteiger partial charge in [0.1, 0.15) is 17.6 Å². The van der Waals surface area contributed by atoms with Gasteiger partial charge in [0.05, 0.1) is 30.9 Å². The minimum Gasteiger partial charge on any atom is -0.494 e. The van der Waals surface area contributed by atoms with E-state index in [1.165, 1.54) is 17.0 Å². The third-order valence-corrected chi connectivity index (χ3v) is 6.47. The average Bonchev–Trinajstić information content (AvgIpc) is 3.15. The molecule has 1 N–H and O–H groups in total. The highest BCUT2D eigenvalue weighted by molar-refractivity contribution is 7.80. The van der Waals surface area contributed by atoms with Crippen molar-refractivity contribution in [1.82, 2.24) is 4.90 Å². The Balaban J connectivity index is 1.56. The molecule has 1 heterocycles. The van der Waals surface area contributed by atoms with Gasteiger partial charge in [-0.05, 0) is 92.3 Å². The van der Waals surface area contributed by atoms with Crippen LogP contribution in [-0.4, -0.2) is 47.1 Å².